The molecule has 0 aromatic heterocycles. The van der Waals surface area contributed by atoms with Crippen molar-refractivity contribution in [2.45, 2.75) is 38.8 Å². The standard InChI is InChI=1S/C15H22N4/c1-10-7-8-17-13(9-10)15-18-12-6-4-5-11(12)14(16-2)19(15)3/h9,15-16H,4-8H2,1-3H3/t15-/m0/s1. The summed E-state index contributed by atoms with van der Waals surface area (Å²) in [5, 5.41) is 3.35. The van der Waals surface area contributed by atoms with Crippen molar-refractivity contribution in [3.63, 3.8) is 0 Å². The second kappa shape index (κ2) is 4.83. The molecule has 4 heteroatoms. The van der Waals surface area contributed by atoms with Crippen LogP contribution in [0.3, 0.4) is 0 Å². The van der Waals surface area contributed by atoms with Crippen molar-refractivity contribution >= 4 is 11.4 Å². The van der Waals surface area contributed by atoms with Crippen LogP contribution in [0.2, 0.25) is 0 Å². The smallest absolute Gasteiger partial charge is 0.164 e. The average molecular weight is 258 g/mol. The SMILES string of the molecule is CNC1=C2CCCC2=N[C@H](C2=NCCC(C)=C2)N1C. The van der Waals surface area contributed by atoms with Crippen molar-refractivity contribution in [3.05, 3.63) is 23.0 Å². The fourth-order valence-electron chi connectivity index (χ4n) is 3.17. The van der Waals surface area contributed by atoms with Crippen LogP contribution >= 0.6 is 0 Å². The number of fused-ring (bicyclic) bond motifs is 1. The highest BCUT2D eigenvalue weighted by Gasteiger charge is 2.32. The Kier molecular flexibility index (Phi) is 3.17. The number of hydrogen-bond donors (Lipinski definition) is 1. The molecule has 0 unspecified atom stereocenters. The van der Waals surface area contributed by atoms with Crippen LogP contribution in [0.4, 0.5) is 0 Å². The Morgan fingerprint density at radius 3 is 2.89 bits per heavy atom. The molecule has 0 spiro atoms. The van der Waals surface area contributed by atoms with Crippen molar-refractivity contribution < 1.29 is 0 Å². The summed E-state index contributed by atoms with van der Waals surface area (Å²) < 4.78 is 0. The minimum atomic E-state index is 0.0505. The van der Waals surface area contributed by atoms with Crippen LogP contribution in [-0.2, 0) is 0 Å². The maximum absolute atomic E-state index is 4.95. The molecule has 0 radical (unpaired) electrons. The van der Waals surface area contributed by atoms with Gasteiger partial charge in [0.05, 0.1) is 5.71 Å². The predicted molar refractivity (Wildman–Crippen MR) is 79.6 cm³/mol. The number of dihydropyridines is 1. The van der Waals surface area contributed by atoms with E-state index in [9.17, 15) is 0 Å². The third-order valence-corrected chi connectivity index (χ3v) is 4.17. The fourth-order valence-corrected chi connectivity index (χ4v) is 3.17. The highest BCUT2D eigenvalue weighted by molar-refractivity contribution is 6.07. The van der Waals surface area contributed by atoms with Gasteiger partial charge in [0.1, 0.15) is 5.82 Å². The van der Waals surface area contributed by atoms with E-state index in [2.05, 4.69) is 35.3 Å². The maximum Gasteiger partial charge on any atom is 0.164 e. The molecule has 0 amide bonds. The van der Waals surface area contributed by atoms with E-state index in [0.29, 0.717) is 0 Å². The monoisotopic (exact) mass is 258 g/mol. The normalized spacial score (nSPS) is 26.8. The van der Waals surface area contributed by atoms with Gasteiger partial charge >= 0.3 is 0 Å². The number of nitrogens with zero attached hydrogens (tertiary/aromatic N) is 3. The molecule has 2 aliphatic heterocycles. The lowest BCUT2D eigenvalue weighted by Crippen LogP contribution is -2.44. The summed E-state index contributed by atoms with van der Waals surface area (Å²) in [7, 11) is 4.11. The first kappa shape index (κ1) is 12.5. The maximum atomic E-state index is 4.95. The first-order chi connectivity index (χ1) is 9.20. The molecular formula is C15H22N4. The van der Waals surface area contributed by atoms with Gasteiger partial charge in [-0.3, -0.25) is 9.98 Å². The average Bonchev–Trinajstić information content (AvgIpc) is 2.86. The van der Waals surface area contributed by atoms with Crippen LogP contribution in [0.5, 0.6) is 0 Å². The zero-order chi connectivity index (χ0) is 13.4. The molecule has 102 valence electrons. The van der Waals surface area contributed by atoms with Crippen molar-refractivity contribution in [1.29, 1.82) is 0 Å². The lowest BCUT2D eigenvalue weighted by molar-refractivity contribution is 0.348. The molecule has 1 atom stereocenters. The minimum absolute atomic E-state index is 0.0505. The first-order valence-electron chi connectivity index (χ1n) is 7.13. The Labute approximate surface area is 115 Å². The van der Waals surface area contributed by atoms with Gasteiger partial charge in [-0.05, 0) is 38.7 Å². The first-order valence-corrected chi connectivity index (χ1v) is 7.13. The van der Waals surface area contributed by atoms with Gasteiger partial charge < -0.3 is 10.2 Å². The Morgan fingerprint density at radius 1 is 1.32 bits per heavy atom. The third-order valence-electron chi connectivity index (χ3n) is 4.17. The van der Waals surface area contributed by atoms with Gasteiger partial charge in [0, 0.05) is 31.9 Å². The molecule has 1 N–H and O–H groups in total. The molecule has 3 aliphatic rings. The molecule has 19 heavy (non-hydrogen) atoms. The second-order valence-electron chi connectivity index (χ2n) is 5.54. The molecular weight excluding hydrogens is 236 g/mol. The van der Waals surface area contributed by atoms with Crippen molar-refractivity contribution in [3.8, 4) is 0 Å². The van der Waals surface area contributed by atoms with Crippen LogP contribution in [0.25, 0.3) is 0 Å². The Bertz CT molecular complexity index is 510. The summed E-state index contributed by atoms with van der Waals surface area (Å²) in [6.45, 7) is 3.08. The van der Waals surface area contributed by atoms with E-state index in [4.69, 9.17) is 4.99 Å². The fraction of sp³-hybridized carbons (Fsp3) is 0.600. The van der Waals surface area contributed by atoms with E-state index in [-0.39, 0.29) is 6.17 Å². The number of hydrogen-bond acceptors (Lipinski definition) is 4. The van der Waals surface area contributed by atoms with E-state index in [0.717, 1.165) is 31.5 Å². The Hall–Kier alpha value is -1.58. The molecule has 0 aromatic carbocycles. The summed E-state index contributed by atoms with van der Waals surface area (Å²) in [5.41, 5.74) is 5.20. The van der Waals surface area contributed by atoms with Gasteiger partial charge in [-0.2, -0.15) is 0 Å². The Balaban J connectivity index is 1.97. The van der Waals surface area contributed by atoms with Gasteiger partial charge in [0.25, 0.3) is 0 Å². The molecule has 1 aliphatic carbocycles. The van der Waals surface area contributed by atoms with Gasteiger partial charge in [0.2, 0.25) is 0 Å². The summed E-state index contributed by atoms with van der Waals surface area (Å²) >= 11 is 0. The minimum Gasteiger partial charge on any atom is -0.374 e. The molecule has 0 bridgehead atoms. The van der Waals surface area contributed by atoms with Crippen LogP contribution in [0.15, 0.2) is 33.0 Å². The molecule has 0 aromatic rings. The van der Waals surface area contributed by atoms with Crippen LogP contribution in [-0.4, -0.2) is 43.1 Å². The lowest BCUT2D eigenvalue weighted by atomic mass is 10.0. The van der Waals surface area contributed by atoms with Crippen molar-refractivity contribution in [1.82, 2.24) is 10.2 Å². The zero-order valence-corrected chi connectivity index (χ0v) is 12.0. The zero-order valence-electron chi connectivity index (χ0n) is 12.0. The van der Waals surface area contributed by atoms with Crippen LogP contribution in [0.1, 0.15) is 32.6 Å². The van der Waals surface area contributed by atoms with E-state index in [1.807, 2.05) is 7.05 Å². The van der Waals surface area contributed by atoms with Gasteiger partial charge in [-0.1, -0.05) is 5.57 Å². The van der Waals surface area contributed by atoms with Crippen molar-refractivity contribution in [2.75, 3.05) is 20.6 Å². The van der Waals surface area contributed by atoms with E-state index in [1.165, 1.54) is 29.1 Å². The summed E-state index contributed by atoms with van der Waals surface area (Å²) in [5.74, 6) is 1.23. The van der Waals surface area contributed by atoms with Gasteiger partial charge in [-0.25, -0.2) is 0 Å². The largest absolute Gasteiger partial charge is 0.374 e. The lowest BCUT2D eigenvalue weighted by Gasteiger charge is -2.35. The number of aliphatic imine (C=N–C) groups is 2. The molecule has 2 heterocycles. The van der Waals surface area contributed by atoms with Crippen molar-refractivity contribution in [2.24, 2.45) is 9.98 Å². The highest BCUT2D eigenvalue weighted by atomic mass is 15.3. The number of rotatable bonds is 2. The van der Waals surface area contributed by atoms with Crippen LogP contribution < -0.4 is 5.32 Å². The second-order valence-corrected chi connectivity index (χ2v) is 5.54. The highest BCUT2D eigenvalue weighted by Crippen LogP contribution is 2.31. The summed E-state index contributed by atoms with van der Waals surface area (Å²) in [6.07, 6.45) is 6.82. The molecule has 3 rings (SSSR count). The van der Waals surface area contributed by atoms with Crippen LogP contribution in [0, 0.1) is 0 Å². The summed E-state index contributed by atoms with van der Waals surface area (Å²) in [4.78, 5) is 11.9. The predicted octanol–water partition coefficient (Wildman–Crippen LogP) is 2.10. The topological polar surface area (TPSA) is 40.0 Å². The number of allylic oxidation sites excluding steroid dienone is 1. The molecule has 1 fully saturated rings. The molecule has 1 saturated carbocycles. The van der Waals surface area contributed by atoms with E-state index < -0.39 is 0 Å². The van der Waals surface area contributed by atoms with Gasteiger partial charge in [0.15, 0.2) is 6.17 Å². The van der Waals surface area contributed by atoms with Gasteiger partial charge in [-0.15, -0.1) is 0 Å². The molecule has 4 nitrogen and oxygen atoms in total. The van der Waals surface area contributed by atoms with E-state index >= 15 is 0 Å². The quantitative estimate of drug-likeness (QED) is 0.824. The number of nitrogens with one attached hydrogen (secondary N) is 1. The summed E-state index contributed by atoms with van der Waals surface area (Å²) in [6, 6.07) is 0. The van der Waals surface area contributed by atoms with E-state index in [1.54, 1.807) is 0 Å². The molecule has 0 saturated heterocycles. The third kappa shape index (κ3) is 2.09. The Morgan fingerprint density at radius 2 is 2.16 bits per heavy atom.